The molecule has 4 heteroatoms. The Labute approximate surface area is 95.3 Å². The zero-order chi connectivity index (χ0) is 10.7. The molecule has 1 aromatic carbocycles. The molecule has 1 heterocycles. The summed E-state index contributed by atoms with van der Waals surface area (Å²) in [6, 6.07) is 11.5. The van der Waals surface area contributed by atoms with E-state index in [9.17, 15) is 4.79 Å². The van der Waals surface area contributed by atoms with Crippen molar-refractivity contribution < 1.29 is 0 Å². The summed E-state index contributed by atoms with van der Waals surface area (Å²) in [5.41, 5.74) is 2.32. The van der Waals surface area contributed by atoms with E-state index in [1.165, 1.54) is 0 Å². The minimum Gasteiger partial charge on any atom is -0.268 e. The molecule has 76 valence electrons. The third-order valence-electron chi connectivity index (χ3n) is 2.09. The number of nitrogens with zero attached hydrogens (tertiary/aromatic N) is 1. The van der Waals surface area contributed by atoms with Crippen molar-refractivity contribution in [2.45, 2.75) is 5.33 Å². The SMILES string of the molecule is O=c1[nH]nc(-c2ccccc2)cc1CBr. The van der Waals surface area contributed by atoms with Gasteiger partial charge >= 0.3 is 0 Å². The van der Waals surface area contributed by atoms with Gasteiger partial charge in [-0.3, -0.25) is 4.79 Å². The largest absolute Gasteiger partial charge is 0.268 e. The molecular formula is C11H9BrN2O. The van der Waals surface area contributed by atoms with Gasteiger partial charge in [-0.25, -0.2) is 5.10 Å². The Hall–Kier alpha value is -1.42. The highest BCUT2D eigenvalue weighted by molar-refractivity contribution is 9.08. The van der Waals surface area contributed by atoms with Gasteiger partial charge in [0.15, 0.2) is 0 Å². The van der Waals surface area contributed by atoms with E-state index in [0.717, 1.165) is 11.3 Å². The van der Waals surface area contributed by atoms with Crippen LogP contribution in [0.25, 0.3) is 11.3 Å². The number of hydrogen-bond donors (Lipinski definition) is 1. The number of halogens is 1. The average Bonchev–Trinajstić information content (AvgIpc) is 2.31. The Balaban J connectivity index is 2.51. The van der Waals surface area contributed by atoms with Gasteiger partial charge in [0.1, 0.15) is 0 Å². The minimum atomic E-state index is -0.147. The lowest BCUT2D eigenvalue weighted by Crippen LogP contribution is -2.13. The van der Waals surface area contributed by atoms with Crippen LogP contribution in [0.3, 0.4) is 0 Å². The average molecular weight is 265 g/mol. The fourth-order valence-corrected chi connectivity index (χ4v) is 1.72. The van der Waals surface area contributed by atoms with E-state index < -0.39 is 0 Å². The van der Waals surface area contributed by atoms with Crippen LogP contribution >= 0.6 is 15.9 Å². The monoisotopic (exact) mass is 264 g/mol. The van der Waals surface area contributed by atoms with E-state index in [1.807, 2.05) is 30.3 Å². The van der Waals surface area contributed by atoms with Crippen molar-refractivity contribution >= 4 is 15.9 Å². The third-order valence-corrected chi connectivity index (χ3v) is 2.70. The number of aromatic nitrogens is 2. The standard InChI is InChI=1S/C11H9BrN2O/c12-7-9-6-10(13-14-11(9)15)8-4-2-1-3-5-8/h1-6H,7H2,(H,14,15). The minimum absolute atomic E-state index is 0.147. The van der Waals surface area contributed by atoms with Crippen LogP contribution in [0, 0.1) is 0 Å². The van der Waals surface area contributed by atoms with Crippen molar-refractivity contribution in [3.63, 3.8) is 0 Å². The molecule has 0 aliphatic heterocycles. The van der Waals surface area contributed by atoms with Gasteiger partial charge in [0, 0.05) is 16.5 Å². The van der Waals surface area contributed by atoms with Gasteiger partial charge in [-0.1, -0.05) is 46.3 Å². The van der Waals surface area contributed by atoms with Crippen LogP contribution < -0.4 is 5.56 Å². The summed E-state index contributed by atoms with van der Waals surface area (Å²) >= 11 is 3.27. The van der Waals surface area contributed by atoms with E-state index in [1.54, 1.807) is 6.07 Å². The molecule has 0 aliphatic rings. The van der Waals surface area contributed by atoms with Gasteiger partial charge in [-0.15, -0.1) is 0 Å². The summed E-state index contributed by atoms with van der Waals surface area (Å²) in [4.78, 5) is 11.3. The molecule has 0 spiro atoms. The van der Waals surface area contributed by atoms with Gasteiger partial charge < -0.3 is 0 Å². The normalized spacial score (nSPS) is 10.2. The molecule has 15 heavy (non-hydrogen) atoms. The van der Waals surface area contributed by atoms with Gasteiger partial charge in [0.2, 0.25) is 0 Å². The molecule has 0 fully saturated rings. The number of alkyl halides is 1. The van der Waals surface area contributed by atoms with E-state index in [0.29, 0.717) is 10.9 Å². The molecule has 0 radical (unpaired) electrons. The second-order valence-electron chi connectivity index (χ2n) is 3.11. The molecule has 0 saturated heterocycles. The van der Waals surface area contributed by atoms with Crippen molar-refractivity contribution in [2.75, 3.05) is 0 Å². The van der Waals surface area contributed by atoms with E-state index >= 15 is 0 Å². The molecule has 0 saturated carbocycles. The summed E-state index contributed by atoms with van der Waals surface area (Å²) in [6.07, 6.45) is 0. The zero-order valence-corrected chi connectivity index (χ0v) is 9.49. The van der Waals surface area contributed by atoms with Gasteiger partial charge in [0.25, 0.3) is 5.56 Å². The first-order valence-electron chi connectivity index (χ1n) is 4.51. The van der Waals surface area contributed by atoms with Crippen LogP contribution in [-0.2, 0) is 5.33 Å². The van der Waals surface area contributed by atoms with Gasteiger partial charge in [0.05, 0.1) is 5.69 Å². The Morgan fingerprint density at radius 3 is 2.67 bits per heavy atom. The maximum absolute atomic E-state index is 11.3. The first-order valence-corrected chi connectivity index (χ1v) is 5.63. The molecular weight excluding hydrogens is 256 g/mol. The van der Waals surface area contributed by atoms with Crippen LogP contribution in [0.4, 0.5) is 0 Å². The highest BCUT2D eigenvalue weighted by Gasteiger charge is 2.03. The van der Waals surface area contributed by atoms with Crippen LogP contribution in [0.2, 0.25) is 0 Å². The molecule has 0 atom stereocenters. The first-order chi connectivity index (χ1) is 7.31. The zero-order valence-electron chi connectivity index (χ0n) is 7.90. The molecule has 3 nitrogen and oxygen atoms in total. The Morgan fingerprint density at radius 1 is 1.27 bits per heavy atom. The van der Waals surface area contributed by atoms with Crippen LogP contribution in [0.15, 0.2) is 41.2 Å². The lowest BCUT2D eigenvalue weighted by Gasteiger charge is -2.00. The molecule has 0 bridgehead atoms. The molecule has 1 N–H and O–H groups in total. The molecule has 0 aliphatic carbocycles. The third kappa shape index (κ3) is 2.15. The molecule has 2 rings (SSSR count). The van der Waals surface area contributed by atoms with E-state index in [2.05, 4.69) is 26.1 Å². The smallest absolute Gasteiger partial charge is 0.268 e. The first kappa shape index (κ1) is 10.1. The summed E-state index contributed by atoms with van der Waals surface area (Å²) in [5, 5.41) is 7.01. The lowest BCUT2D eigenvalue weighted by molar-refractivity contribution is 0.973. The number of H-pyrrole nitrogens is 1. The summed E-state index contributed by atoms with van der Waals surface area (Å²) in [5.74, 6) is 0. The van der Waals surface area contributed by atoms with Crippen molar-refractivity contribution in [3.8, 4) is 11.3 Å². The predicted octanol–water partition coefficient (Wildman–Crippen LogP) is 2.33. The summed E-state index contributed by atoms with van der Waals surface area (Å²) < 4.78 is 0. The number of nitrogens with one attached hydrogen (secondary N) is 1. The Bertz CT molecular complexity index is 507. The lowest BCUT2D eigenvalue weighted by atomic mass is 10.1. The van der Waals surface area contributed by atoms with E-state index in [4.69, 9.17) is 0 Å². The maximum atomic E-state index is 11.3. The number of benzene rings is 1. The molecule has 0 unspecified atom stereocenters. The van der Waals surface area contributed by atoms with Crippen LogP contribution in [-0.4, -0.2) is 10.2 Å². The number of aromatic amines is 1. The maximum Gasteiger partial charge on any atom is 0.268 e. The Morgan fingerprint density at radius 2 is 2.00 bits per heavy atom. The summed E-state index contributed by atoms with van der Waals surface area (Å²) in [7, 11) is 0. The molecule has 1 aromatic heterocycles. The quantitative estimate of drug-likeness (QED) is 0.847. The predicted molar refractivity (Wildman–Crippen MR) is 62.9 cm³/mol. The van der Waals surface area contributed by atoms with Crippen molar-refractivity contribution in [1.82, 2.24) is 10.2 Å². The van der Waals surface area contributed by atoms with Gasteiger partial charge in [-0.2, -0.15) is 5.10 Å². The van der Waals surface area contributed by atoms with Crippen molar-refractivity contribution in [2.24, 2.45) is 0 Å². The Kier molecular flexibility index (Phi) is 2.97. The number of rotatable bonds is 2. The fourth-order valence-electron chi connectivity index (χ4n) is 1.30. The van der Waals surface area contributed by atoms with Gasteiger partial charge in [-0.05, 0) is 6.07 Å². The number of hydrogen-bond acceptors (Lipinski definition) is 2. The summed E-state index contributed by atoms with van der Waals surface area (Å²) in [6.45, 7) is 0. The van der Waals surface area contributed by atoms with Crippen molar-refractivity contribution in [3.05, 3.63) is 52.3 Å². The van der Waals surface area contributed by atoms with E-state index in [-0.39, 0.29) is 5.56 Å². The highest BCUT2D eigenvalue weighted by atomic mass is 79.9. The topological polar surface area (TPSA) is 45.8 Å². The van der Waals surface area contributed by atoms with Crippen LogP contribution in [0.1, 0.15) is 5.56 Å². The highest BCUT2D eigenvalue weighted by Crippen LogP contribution is 2.15. The second-order valence-corrected chi connectivity index (χ2v) is 3.67. The van der Waals surface area contributed by atoms with Crippen molar-refractivity contribution in [1.29, 1.82) is 0 Å². The molecule has 0 amide bonds. The molecule has 2 aromatic rings. The fraction of sp³-hybridized carbons (Fsp3) is 0.0909. The second kappa shape index (κ2) is 4.40. The van der Waals surface area contributed by atoms with Crippen LogP contribution in [0.5, 0.6) is 0 Å².